The molecule has 1 aromatic heterocycles. The Bertz CT molecular complexity index is 1070. The molecule has 8 heteroatoms. The van der Waals surface area contributed by atoms with Crippen molar-refractivity contribution in [2.75, 3.05) is 31.2 Å². The molecule has 0 radical (unpaired) electrons. The zero-order chi connectivity index (χ0) is 19.7. The van der Waals surface area contributed by atoms with Gasteiger partial charge in [-0.1, -0.05) is 17.7 Å². The fourth-order valence-electron chi connectivity index (χ4n) is 2.98. The van der Waals surface area contributed by atoms with Crippen LogP contribution in [0.1, 0.15) is 5.56 Å². The van der Waals surface area contributed by atoms with Crippen LogP contribution in [0.2, 0.25) is 0 Å². The van der Waals surface area contributed by atoms with Crippen molar-refractivity contribution in [1.82, 2.24) is 4.98 Å². The highest BCUT2D eigenvalue weighted by Crippen LogP contribution is 2.35. The number of nitrogens with zero attached hydrogens (tertiary/aromatic N) is 2. The van der Waals surface area contributed by atoms with E-state index in [0.717, 1.165) is 14.7 Å². The van der Waals surface area contributed by atoms with Crippen molar-refractivity contribution in [3.63, 3.8) is 0 Å². The second kappa shape index (κ2) is 7.84. The first-order valence-corrected chi connectivity index (χ1v) is 11.4. The molecule has 28 heavy (non-hydrogen) atoms. The van der Waals surface area contributed by atoms with Crippen LogP contribution in [-0.4, -0.2) is 39.7 Å². The lowest BCUT2D eigenvalue weighted by atomic mass is 10.2. The van der Waals surface area contributed by atoms with Gasteiger partial charge in [-0.05, 0) is 65.9 Å². The lowest BCUT2D eigenvalue weighted by Crippen LogP contribution is -2.36. The molecule has 0 amide bonds. The molecule has 0 spiro atoms. The standard InChI is InChI=1S/C20H19IN2O4S/c1-14-2-8-17(9-3-14)28(24,25)19-20(23-10-12-26-13-11-23)27-18(22-19)15-4-6-16(21)7-5-15/h2-9H,10-13H2,1H3. The Morgan fingerprint density at radius 1 is 1.00 bits per heavy atom. The van der Waals surface area contributed by atoms with Crippen molar-refractivity contribution in [2.45, 2.75) is 16.8 Å². The SMILES string of the molecule is Cc1ccc(S(=O)(=O)c2nc(-c3ccc(I)cc3)oc2N2CCOCC2)cc1. The van der Waals surface area contributed by atoms with Crippen molar-refractivity contribution >= 4 is 38.3 Å². The van der Waals surface area contributed by atoms with Gasteiger partial charge in [0.2, 0.25) is 26.6 Å². The third kappa shape index (κ3) is 3.81. The molecule has 3 aromatic rings. The fraction of sp³-hybridized carbons (Fsp3) is 0.250. The second-order valence-corrected chi connectivity index (χ2v) is 9.66. The minimum atomic E-state index is -3.82. The molecule has 0 atom stereocenters. The lowest BCUT2D eigenvalue weighted by molar-refractivity contribution is 0.120. The molecule has 1 saturated heterocycles. The molecule has 0 saturated carbocycles. The Hall–Kier alpha value is -1.91. The van der Waals surface area contributed by atoms with E-state index >= 15 is 0 Å². The predicted octanol–water partition coefficient (Wildman–Crippen LogP) is 3.92. The summed E-state index contributed by atoms with van der Waals surface area (Å²) in [6.45, 7) is 4.06. The van der Waals surface area contributed by atoms with Crippen LogP contribution in [0.3, 0.4) is 0 Å². The van der Waals surface area contributed by atoms with Crippen LogP contribution in [0.25, 0.3) is 11.5 Å². The average Bonchev–Trinajstić information content (AvgIpc) is 3.16. The molecule has 2 aromatic carbocycles. The normalized spacial score (nSPS) is 15.0. The van der Waals surface area contributed by atoms with Gasteiger partial charge in [-0.3, -0.25) is 0 Å². The molecular weight excluding hydrogens is 491 g/mol. The maximum absolute atomic E-state index is 13.3. The van der Waals surface area contributed by atoms with Gasteiger partial charge in [-0.25, -0.2) is 8.42 Å². The van der Waals surface area contributed by atoms with Crippen LogP contribution in [-0.2, 0) is 14.6 Å². The third-order valence-corrected chi connectivity index (χ3v) is 6.94. The number of hydrogen-bond acceptors (Lipinski definition) is 6. The van der Waals surface area contributed by atoms with Crippen LogP contribution in [0.5, 0.6) is 0 Å². The number of aromatic nitrogens is 1. The Labute approximate surface area is 177 Å². The summed E-state index contributed by atoms with van der Waals surface area (Å²) in [7, 11) is -3.82. The quantitative estimate of drug-likeness (QED) is 0.496. The van der Waals surface area contributed by atoms with Gasteiger partial charge in [0.1, 0.15) is 0 Å². The number of oxazole rings is 1. The summed E-state index contributed by atoms with van der Waals surface area (Å²) in [6, 6.07) is 14.4. The van der Waals surface area contributed by atoms with E-state index in [-0.39, 0.29) is 15.8 Å². The van der Waals surface area contributed by atoms with Gasteiger partial charge in [0.05, 0.1) is 18.1 Å². The highest BCUT2D eigenvalue weighted by Gasteiger charge is 2.32. The molecule has 0 N–H and O–H groups in total. The first-order valence-electron chi connectivity index (χ1n) is 8.86. The first kappa shape index (κ1) is 19.4. The summed E-state index contributed by atoms with van der Waals surface area (Å²) in [5, 5.41) is -0.0493. The van der Waals surface area contributed by atoms with E-state index in [1.54, 1.807) is 24.3 Å². The molecule has 146 valence electrons. The zero-order valence-electron chi connectivity index (χ0n) is 15.3. The molecule has 0 unspecified atom stereocenters. The lowest BCUT2D eigenvalue weighted by Gasteiger charge is -2.26. The number of anilines is 1. The number of ether oxygens (including phenoxy) is 1. The minimum absolute atomic E-state index is 0.0493. The summed E-state index contributed by atoms with van der Waals surface area (Å²) in [5.41, 5.74) is 1.73. The van der Waals surface area contributed by atoms with E-state index in [9.17, 15) is 8.42 Å². The van der Waals surface area contributed by atoms with Gasteiger partial charge in [0.25, 0.3) is 0 Å². The van der Waals surface area contributed by atoms with Crippen molar-refractivity contribution in [3.8, 4) is 11.5 Å². The van der Waals surface area contributed by atoms with Crippen LogP contribution in [0.4, 0.5) is 5.88 Å². The number of morpholine rings is 1. The molecule has 0 aliphatic carbocycles. The molecular formula is C20H19IN2O4S. The number of sulfone groups is 1. The number of halogens is 1. The second-order valence-electron chi connectivity index (χ2n) is 6.55. The van der Waals surface area contributed by atoms with Crippen LogP contribution >= 0.6 is 22.6 Å². The van der Waals surface area contributed by atoms with Crippen molar-refractivity contribution in [1.29, 1.82) is 0 Å². The van der Waals surface area contributed by atoms with Crippen LogP contribution < -0.4 is 4.90 Å². The Kier molecular flexibility index (Phi) is 5.44. The topological polar surface area (TPSA) is 72.6 Å². The Morgan fingerprint density at radius 3 is 2.29 bits per heavy atom. The van der Waals surface area contributed by atoms with E-state index in [1.807, 2.05) is 36.1 Å². The van der Waals surface area contributed by atoms with E-state index in [1.165, 1.54) is 0 Å². The molecule has 1 fully saturated rings. The maximum atomic E-state index is 13.3. The molecule has 1 aliphatic heterocycles. The van der Waals surface area contributed by atoms with Crippen LogP contribution in [0, 0.1) is 10.5 Å². The fourth-order valence-corrected chi connectivity index (χ4v) is 4.67. The van der Waals surface area contributed by atoms with Crippen molar-refractivity contribution in [2.24, 2.45) is 0 Å². The van der Waals surface area contributed by atoms with E-state index < -0.39 is 9.84 Å². The van der Waals surface area contributed by atoms with E-state index in [4.69, 9.17) is 9.15 Å². The molecule has 0 bridgehead atoms. The monoisotopic (exact) mass is 510 g/mol. The number of aryl methyl sites for hydroxylation is 1. The highest BCUT2D eigenvalue weighted by atomic mass is 127. The number of rotatable bonds is 4. The average molecular weight is 510 g/mol. The third-order valence-electron chi connectivity index (χ3n) is 4.55. The smallest absolute Gasteiger partial charge is 0.236 e. The summed E-state index contributed by atoms with van der Waals surface area (Å²) in [6.07, 6.45) is 0. The zero-order valence-corrected chi connectivity index (χ0v) is 18.2. The van der Waals surface area contributed by atoms with Gasteiger partial charge >= 0.3 is 0 Å². The Balaban J connectivity index is 1.84. The van der Waals surface area contributed by atoms with Gasteiger partial charge < -0.3 is 14.1 Å². The largest absolute Gasteiger partial charge is 0.419 e. The van der Waals surface area contributed by atoms with E-state index in [2.05, 4.69) is 27.6 Å². The summed E-state index contributed by atoms with van der Waals surface area (Å²) in [5.74, 6) is 0.570. The summed E-state index contributed by atoms with van der Waals surface area (Å²) >= 11 is 2.22. The van der Waals surface area contributed by atoms with Gasteiger partial charge in [-0.2, -0.15) is 4.98 Å². The van der Waals surface area contributed by atoms with Gasteiger partial charge in [0.15, 0.2) is 0 Å². The van der Waals surface area contributed by atoms with Gasteiger partial charge in [-0.15, -0.1) is 0 Å². The highest BCUT2D eigenvalue weighted by molar-refractivity contribution is 14.1. The van der Waals surface area contributed by atoms with E-state index in [0.29, 0.717) is 32.2 Å². The first-order chi connectivity index (χ1) is 13.4. The molecule has 1 aliphatic rings. The minimum Gasteiger partial charge on any atom is -0.419 e. The number of benzene rings is 2. The molecule has 2 heterocycles. The van der Waals surface area contributed by atoms with Crippen molar-refractivity contribution in [3.05, 3.63) is 57.7 Å². The maximum Gasteiger partial charge on any atom is 0.236 e. The molecule has 6 nitrogen and oxygen atoms in total. The summed E-state index contributed by atoms with van der Waals surface area (Å²) in [4.78, 5) is 6.50. The van der Waals surface area contributed by atoms with Crippen molar-refractivity contribution < 1.29 is 17.6 Å². The summed E-state index contributed by atoms with van der Waals surface area (Å²) < 4.78 is 39.1. The predicted molar refractivity (Wildman–Crippen MR) is 114 cm³/mol. The number of hydrogen-bond donors (Lipinski definition) is 0. The van der Waals surface area contributed by atoms with Crippen LogP contribution in [0.15, 0.2) is 62.9 Å². The Morgan fingerprint density at radius 2 is 1.64 bits per heavy atom. The molecule has 4 rings (SSSR count). The van der Waals surface area contributed by atoms with Gasteiger partial charge in [0, 0.05) is 22.2 Å².